The van der Waals surface area contributed by atoms with Gasteiger partial charge < -0.3 is 20.5 Å². The Morgan fingerprint density at radius 2 is 1.78 bits per heavy atom. The summed E-state index contributed by atoms with van der Waals surface area (Å²) < 4.78 is 11.6. The van der Waals surface area contributed by atoms with Crippen LogP contribution in [0.15, 0.2) is 60.8 Å². The molecule has 11 heteroatoms. The van der Waals surface area contributed by atoms with Crippen molar-refractivity contribution in [1.82, 2.24) is 15.8 Å². The van der Waals surface area contributed by atoms with Crippen LogP contribution in [0.3, 0.4) is 0 Å². The number of nitrogens with two attached hydrogens (primary N) is 1. The Morgan fingerprint density at radius 3 is 2.41 bits per heavy atom. The molecule has 194 valence electrons. The van der Waals surface area contributed by atoms with Crippen molar-refractivity contribution in [3.63, 3.8) is 0 Å². The molecule has 10 nitrogen and oxygen atoms in total. The fraction of sp³-hybridized carbons (Fsp3) is 0.231. The van der Waals surface area contributed by atoms with E-state index in [1.165, 1.54) is 18.3 Å². The number of rotatable bonds is 10. The van der Waals surface area contributed by atoms with Gasteiger partial charge in [0.15, 0.2) is 11.5 Å². The second kappa shape index (κ2) is 12.6. The molecular formula is C26H29ClN6O4. The molecule has 0 aliphatic heterocycles. The molecule has 0 aliphatic carbocycles. The van der Waals surface area contributed by atoms with E-state index in [0.29, 0.717) is 39.9 Å². The van der Waals surface area contributed by atoms with Gasteiger partial charge in [-0.25, -0.2) is 0 Å². The van der Waals surface area contributed by atoms with Crippen molar-refractivity contribution in [2.75, 3.05) is 11.9 Å². The van der Waals surface area contributed by atoms with Crippen LogP contribution in [0.5, 0.6) is 11.5 Å². The van der Waals surface area contributed by atoms with Gasteiger partial charge in [-0.2, -0.15) is 0 Å². The fourth-order valence-electron chi connectivity index (χ4n) is 3.32. The molecule has 3 aromatic rings. The van der Waals surface area contributed by atoms with Gasteiger partial charge >= 0.3 is 0 Å². The number of hydrogen-bond donors (Lipinski definition) is 5. The van der Waals surface area contributed by atoms with Gasteiger partial charge in [0.1, 0.15) is 17.6 Å². The molecule has 2 amide bonds. The molecule has 0 fully saturated rings. The fourth-order valence-corrected chi connectivity index (χ4v) is 3.48. The molecule has 1 unspecified atom stereocenters. The highest BCUT2D eigenvalue weighted by Crippen LogP contribution is 2.33. The second-order valence-corrected chi connectivity index (χ2v) is 8.61. The zero-order valence-electron chi connectivity index (χ0n) is 20.7. The lowest BCUT2D eigenvalue weighted by molar-refractivity contribution is -0.122. The van der Waals surface area contributed by atoms with Crippen LogP contribution in [0, 0.1) is 5.41 Å². The first-order valence-corrected chi connectivity index (χ1v) is 11.9. The molecule has 1 atom stereocenters. The van der Waals surface area contributed by atoms with Gasteiger partial charge in [0.2, 0.25) is 0 Å². The Morgan fingerprint density at radius 1 is 1.05 bits per heavy atom. The maximum atomic E-state index is 13.3. The highest BCUT2D eigenvalue weighted by molar-refractivity contribution is 6.30. The van der Waals surface area contributed by atoms with E-state index in [-0.39, 0.29) is 17.6 Å². The van der Waals surface area contributed by atoms with E-state index in [9.17, 15) is 9.59 Å². The van der Waals surface area contributed by atoms with E-state index >= 15 is 0 Å². The van der Waals surface area contributed by atoms with Crippen molar-refractivity contribution >= 4 is 34.9 Å². The molecule has 0 saturated heterocycles. The minimum atomic E-state index is -0.942. The molecule has 0 saturated carbocycles. The molecule has 6 N–H and O–H groups in total. The number of benzene rings is 2. The van der Waals surface area contributed by atoms with Gasteiger partial charge in [-0.3, -0.25) is 30.8 Å². The molecule has 0 bridgehead atoms. The molecule has 1 heterocycles. The van der Waals surface area contributed by atoms with Crippen molar-refractivity contribution in [1.29, 1.82) is 5.41 Å². The summed E-state index contributed by atoms with van der Waals surface area (Å²) in [5, 5.41) is 11.1. The highest BCUT2D eigenvalue weighted by Gasteiger charge is 2.24. The van der Waals surface area contributed by atoms with Crippen LogP contribution in [0.2, 0.25) is 5.02 Å². The number of amides is 2. The van der Waals surface area contributed by atoms with E-state index < -0.39 is 17.9 Å². The van der Waals surface area contributed by atoms with E-state index in [4.69, 9.17) is 32.2 Å². The van der Waals surface area contributed by atoms with Crippen LogP contribution in [0.1, 0.15) is 48.4 Å². The Kier molecular flexibility index (Phi) is 9.28. The molecule has 1 aromatic heterocycles. The van der Waals surface area contributed by atoms with E-state index in [1.807, 2.05) is 20.8 Å². The molecule has 0 radical (unpaired) electrons. The lowest BCUT2D eigenvalue weighted by Crippen LogP contribution is -2.45. The number of aromatic nitrogens is 1. The number of hydrogen-bond acceptors (Lipinski definition) is 7. The predicted molar refractivity (Wildman–Crippen MR) is 142 cm³/mol. The maximum absolute atomic E-state index is 13.3. The molecule has 2 aromatic carbocycles. The van der Waals surface area contributed by atoms with Crippen LogP contribution in [0.4, 0.5) is 5.69 Å². The minimum Gasteiger partial charge on any atom is -0.490 e. The first-order valence-electron chi connectivity index (χ1n) is 11.5. The Balaban J connectivity index is 1.89. The Hall–Kier alpha value is -4.31. The van der Waals surface area contributed by atoms with E-state index in [2.05, 4.69) is 21.2 Å². The third-order valence-electron chi connectivity index (χ3n) is 4.99. The normalized spacial score (nSPS) is 11.4. The number of anilines is 1. The molecule has 37 heavy (non-hydrogen) atoms. The number of carbonyl (C=O) groups is 2. The standard InChI is InChI=1S/C26H29ClN6O4/c1-4-36-22-13-17(7-10-21(22)37-15(2)3)23(31-19-8-5-16(6-9-19)24(28)29)26(35)33-32-25(34)20-14-18(27)11-12-30-20/h5-15,23,31H,4H2,1-3H3,(H3,28,29)(H,32,34)(H,33,35). The number of nitrogen functional groups attached to an aromatic ring is 1. The van der Waals surface area contributed by atoms with Crippen molar-refractivity contribution in [3.8, 4) is 11.5 Å². The topological polar surface area (TPSA) is 151 Å². The highest BCUT2D eigenvalue weighted by atomic mass is 35.5. The van der Waals surface area contributed by atoms with Crippen LogP contribution in [-0.4, -0.2) is 35.3 Å². The number of pyridine rings is 1. The molecular weight excluding hydrogens is 496 g/mol. The third kappa shape index (κ3) is 7.58. The SMILES string of the molecule is CCOc1cc(C(Nc2ccc(C(=N)N)cc2)C(=O)NNC(=O)c2cc(Cl)ccn2)ccc1OC(C)C. The summed E-state index contributed by atoms with van der Waals surface area (Å²) in [6.07, 6.45) is 1.32. The first kappa shape index (κ1) is 27.3. The zero-order valence-corrected chi connectivity index (χ0v) is 21.4. The molecule has 0 spiro atoms. The third-order valence-corrected chi connectivity index (χ3v) is 5.22. The summed E-state index contributed by atoms with van der Waals surface area (Å²) in [7, 11) is 0. The number of amidine groups is 1. The largest absolute Gasteiger partial charge is 0.490 e. The monoisotopic (exact) mass is 524 g/mol. The van der Waals surface area contributed by atoms with Gasteiger partial charge in [-0.1, -0.05) is 17.7 Å². The van der Waals surface area contributed by atoms with Gasteiger partial charge in [0.25, 0.3) is 11.8 Å². The van der Waals surface area contributed by atoms with E-state index in [1.54, 1.807) is 42.5 Å². The van der Waals surface area contributed by atoms with Crippen molar-refractivity contribution in [2.45, 2.75) is 32.9 Å². The van der Waals surface area contributed by atoms with Gasteiger partial charge in [0.05, 0.1) is 12.7 Å². The lowest BCUT2D eigenvalue weighted by atomic mass is 10.0. The number of nitrogens with zero attached hydrogens (tertiary/aromatic N) is 1. The smallest absolute Gasteiger partial charge is 0.288 e. The zero-order chi connectivity index (χ0) is 26.9. The summed E-state index contributed by atoms with van der Waals surface area (Å²) in [6.45, 7) is 6.06. The summed E-state index contributed by atoms with van der Waals surface area (Å²) in [5.41, 5.74) is 12.1. The van der Waals surface area contributed by atoms with Crippen molar-refractivity contribution in [3.05, 3.63) is 82.6 Å². The number of halogens is 1. The summed E-state index contributed by atoms with van der Waals surface area (Å²) in [5.74, 6) is -0.222. The van der Waals surface area contributed by atoms with Crippen LogP contribution in [0.25, 0.3) is 0 Å². The van der Waals surface area contributed by atoms with Gasteiger partial charge in [-0.05, 0) is 74.9 Å². The van der Waals surface area contributed by atoms with E-state index in [0.717, 1.165) is 0 Å². The number of nitrogens with one attached hydrogen (secondary N) is 4. The quantitative estimate of drug-likeness (QED) is 0.153. The minimum absolute atomic E-state index is 0.0472. The first-order chi connectivity index (χ1) is 17.7. The van der Waals surface area contributed by atoms with Crippen molar-refractivity contribution < 1.29 is 19.1 Å². The van der Waals surface area contributed by atoms with Crippen LogP contribution in [-0.2, 0) is 4.79 Å². The van der Waals surface area contributed by atoms with Crippen LogP contribution >= 0.6 is 11.6 Å². The Bertz CT molecular complexity index is 1270. The average molecular weight is 525 g/mol. The average Bonchev–Trinajstić information content (AvgIpc) is 2.87. The summed E-state index contributed by atoms with van der Waals surface area (Å²) in [6, 6.07) is 13.9. The van der Waals surface area contributed by atoms with Crippen molar-refractivity contribution in [2.24, 2.45) is 5.73 Å². The molecule has 3 rings (SSSR count). The summed E-state index contributed by atoms with van der Waals surface area (Å²) in [4.78, 5) is 29.7. The molecule has 0 aliphatic rings. The number of hydrazine groups is 1. The van der Waals surface area contributed by atoms with Gasteiger partial charge in [-0.15, -0.1) is 0 Å². The predicted octanol–water partition coefficient (Wildman–Crippen LogP) is 3.82. The van der Waals surface area contributed by atoms with Crippen LogP contribution < -0.4 is 31.4 Å². The maximum Gasteiger partial charge on any atom is 0.288 e. The number of ether oxygens (including phenoxy) is 2. The van der Waals surface area contributed by atoms with Gasteiger partial charge in [0, 0.05) is 22.5 Å². The Labute approximate surface area is 220 Å². The summed E-state index contributed by atoms with van der Waals surface area (Å²) >= 11 is 5.93. The number of carbonyl (C=O) groups excluding carboxylic acids is 2. The lowest BCUT2D eigenvalue weighted by Gasteiger charge is -2.22. The second-order valence-electron chi connectivity index (χ2n) is 8.18.